The van der Waals surface area contributed by atoms with Gasteiger partial charge in [0.2, 0.25) is 0 Å². The van der Waals surface area contributed by atoms with Crippen LogP contribution < -0.4 is 9.47 Å². The van der Waals surface area contributed by atoms with Gasteiger partial charge in [-0.2, -0.15) is 0 Å². The summed E-state index contributed by atoms with van der Waals surface area (Å²) in [7, 11) is 0. The van der Waals surface area contributed by atoms with Crippen molar-refractivity contribution < 1.29 is 18.9 Å². The molecule has 0 aromatic heterocycles. The Morgan fingerprint density at radius 1 is 0.724 bits per heavy atom. The van der Waals surface area contributed by atoms with Gasteiger partial charge in [0, 0.05) is 29.3 Å². The Labute approximate surface area is 189 Å². The zero-order valence-electron chi connectivity index (χ0n) is 15.6. The van der Waals surface area contributed by atoms with Gasteiger partial charge in [-0.3, -0.25) is 0 Å². The smallest absolute Gasteiger partial charge is 0.141 e. The molecule has 2 aliphatic rings. The highest BCUT2D eigenvalue weighted by Crippen LogP contribution is 2.36. The monoisotopic (exact) mass is 476 g/mol. The van der Waals surface area contributed by atoms with Crippen molar-refractivity contribution in [2.24, 2.45) is 0 Å². The number of benzene rings is 2. The van der Waals surface area contributed by atoms with Gasteiger partial charge in [-0.15, -0.1) is 0 Å². The molecule has 0 bridgehead atoms. The van der Waals surface area contributed by atoms with E-state index >= 15 is 0 Å². The lowest BCUT2D eigenvalue weighted by Gasteiger charge is -2.15. The van der Waals surface area contributed by atoms with E-state index in [0.717, 1.165) is 37.2 Å². The zero-order valence-corrected chi connectivity index (χ0v) is 18.6. The molecule has 29 heavy (non-hydrogen) atoms. The lowest BCUT2D eigenvalue weighted by atomic mass is 10.1. The molecule has 0 amide bonds. The summed E-state index contributed by atoms with van der Waals surface area (Å²) in [5.41, 5.74) is 1.91. The summed E-state index contributed by atoms with van der Waals surface area (Å²) in [6.45, 7) is 2.42. The lowest BCUT2D eigenvalue weighted by Crippen LogP contribution is -2.09. The molecule has 2 aromatic rings. The number of hydrogen-bond acceptors (Lipinski definition) is 4. The number of halogens is 4. The van der Waals surface area contributed by atoms with E-state index in [4.69, 9.17) is 65.4 Å². The van der Waals surface area contributed by atoms with Crippen LogP contribution in [-0.4, -0.2) is 38.6 Å². The first kappa shape index (κ1) is 21.4. The van der Waals surface area contributed by atoms with Crippen LogP contribution in [-0.2, 0) is 22.3 Å². The number of rotatable bonds is 10. The molecule has 2 heterocycles. The first-order valence-corrected chi connectivity index (χ1v) is 11.0. The molecule has 2 unspecified atom stereocenters. The van der Waals surface area contributed by atoms with E-state index in [1.807, 2.05) is 12.1 Å². The van der Waals surface area contributed by atoms with E-state index < -0.39 is 0 Å². The second kappa shape index (κ2) is 9.51. The molecule has 156 valence electrons. The van der Waals surface area contributed by atoms with Gasteiger partial charge in [0.15, 0.2) is 0 Å². The standard InChI is InChI=1S/C21H20Cl4O4/c22-14-4-12(6-16-10-28-16)20(18(24)8-14)26-2-1-3-27-21-13(7-17-11-29-17)5-15(23)9-19(21)25/h4-5,8-9,16-17H,1-3,6-7,10-11H2. The normalized spacial score (nSPS) is 19.9. The van der Waals surface area contributed by atoms with Crippen molar-refractivity contribution >= 4 is 46.4 Å². The average molecular weight is 478 g/mol. The van der Waals surface area contributed by atoms with Crippen LogP contribution in [0.4, 0.5) is 0 Å². The van der Waals surface area contributed by atoms with Crippen molar-refractivity contribution in [3.63, 3.8) is 0 Å². The van der Waals surface area contributed by atoms with E-state index in [0.29, 0.717) is 51.2 Å². The molecule has 2 fully saturated rings. The third-order valence-corrected chi connectivity index (χ3v) is 5.65. The first-order chi connectivity index (χ1) is 14.0. The summed E-state index contributed by atoms with van der Waals surface area (Å²) < 4.78 is 22.5. The van der Waals surface area contributed by atoms with Crippen LogP contribution in [0.2, 0.25) is 20.1 Å². The number of hydrogen-bond donors (Lipinski definition) is 0. The molecule has 4 nitrogen and oxygen atoms in total. The Bertz CT molecular complexity index is 810. The summed E-state index contributed by atoms with van der Waals surface area (Å²) in [6.07, 6.45) is 2.57. The molecule has 0 saturated carbocycles. The van der Waals surface area contributed by atoms with Crippen LogP contribution in [0.25, 0.3) is 0 Å². The second-order valence-electron chi connectivity index (χ2n) is 7.12. The van der Waals surface area contributed by atoms with E-state index in [2.05, 4.69) is 0 Å². The fourth-order valence-corrected chi connectivity index (χ4v) is 4.30. The van der Waals surface area contributed by atoms with E-state index in [1.165, 1.54) is 0 Å². The molecule has 0 aliphatic carbocycles. The predicted octanol–water partition coefficient (Wildman–Crippen LogP) is 6.03. The van der Waals surface area contributed by atoms with Crippen LogP contribution in [0.1, 0.15) is 17.5 Å². The minimum Gasteiger partial charge on any atom is -0.492 e. The van der Waals surface area contributed by atoms with Crippen LogP contribution in [0, 0.1) is 0 Å². The molecule has 4 rings (SSSR count). The Morgan fingerprint density at radius 2 is 1.14 bits per heavy atom. The summed E-state index contributed by atoms with van der Waals surface area (Å²) in [6, 6.07) is 7.12. The van der Waals surface area contributed by atoms with Crippen LogP contribution in [0.5, 0.6) is 11.5 Å². The Morgan fingerprint density at radius 3 is 1.52 bits per heavy atom. The molecule has 2 aromatic carbocycles. The predicted molar refractivity (Wildman–Crippen MR) is 115 cm³/mol. The van der Waals surface area contributed by atoms with Crippen molar-refractivity contribution in [3.05, 3.63) is 55.5 Å². The Kier molecular flexibility index (Phi) is 7.00. The average Bonchev–Trinajstić information content (AvgIpc) is 3.55. The lowest BCUT2D eigenvalue weighted by molar-refractivity contribution is 0.244. The van der Waals surface area contributed by atoms with Gasteiger partial charge in [0.05, 0.1) is 48.7 Å². The largest absolute Gasteiger partial charge is 0.492 e. The molecule has 0 N–H and O–H groups in total. The van der Waals surface area contributed by atoms with Gasteiger partial charge >= 0.3 is 0 Å². The van der Waals surface area contributed by atoms with Crippen molar-refractivity contribution in [1.82, 2.24) is 0 Å². The van der Waals surface area contributed by atoms with Gasteiger partial charge in [0.25, 0.3) is 0 Å². The molecular formula is C21H20Cl4O4. The molecule has 2 atom stereocenters. The van der Waals surface area contributed by atoms with Crippen molar-refractivity contribution in [3.8, 4) is 11.5 Å². The topological polar surface area (TPSA) is 43.5 Å². The first-order valence-electron chi connectivity index (χ1n) is 9.44. The van der Waals surface area contributed by atoms with Gasteiger partial charge in [-0.05, 0) is 35.4 Å². The molecule has 0 spiro atoms. The maximum absolute atomic E-state index is 6.33. The highest BCUT2D eigenvalue weighted by Gasteiger charge is 2.26. The van der Waals surface area contributed by atoms with E-state index in [1.54, 1.807) is 12.1 Å². The Balaban J connectivity index is 1.33. The zero-order chi connectivity index (χ0) is 20.4. The van der Waals surface area contributed by atoms with E-state index in [-0.39, 0.29) is 12.2 Å². The van der Waals surface area contributed by atoms with Crippen molar-refractivity contribution in [2.75, 3.05) is 26.4 Å². The molecule has 2 saturated heterocycles. The Hall–Kier alpha value is -0.880. The second-order valence-corrected chi connectivity index (χ2v) is 8.81. The molecular weight excluding hydrogens is 458 g/mol. The maximum Gasteiger partial charge on any atom is 0.141 e. The minimum atomic E-state index is 0.219. The quantitative estimate of drug-likeness (QED) is 0.309. The summed E-state index contributed by atoms with van der Waals surface area (Å²) in [5, 5.41) is 2.18. The fourth-order valence-electron chi connectivity index (χ4n) is 3.12. The summed E-state index contributed by atoms with van der Waals surface area (Å²) >= 11 is 24.9. The highest BCUT2D eigenvalue weighted by atomic mass is 35.5. The molecule has 0 radical (unpaired) electrons. The number of ether oxygens (including phenoxy) is 4. The van der Waals surface area contributed by atoms with Gasteiger partial charge < -0.3 is 18.9 Å². The van der Waals surface area contributed by atoms with Crippen molar-refractivity contribution in [1.29, 1.82) is 0 Å². The van der Waals surface area contributed by atoms with Crippen molar-refractivity contribution in [2.45, 2.75) is 31.5 Å². The SMILES string of the molecule is Clc1cc(Cl)c(OCCCOc2c(Cl)cc(Cl)cc2CC2CO2)c(CC2CO2)c1. The molecule has 2 aliphatic heterocycles. The van der Waals surface area contributed by atoms with Crippen LogP contribution in [0.3, 0.4) is 0 Å². The fraction of sp³-hybridized carbons (Fsp3) is 0.429. The highest BCUT2D eigenvalue weighted by molar-refractivity contribution is 6.36. The van der Waals surface area contributed by atoms with Gasteiger partial charge in [0.1, 0.15) is 11.5 Å². The third kappa shape index (κ3) is 6.06. The molecule has 8 heteroatoms. The van der Waals surface area contributed by atoms with Crippen LogP contribution >= 0.6 is 46.4 Å². The van der Waals surface area contributed by atoms with E-state index in [9.17, 15) is 0 Å². The number of epoxide rings is 2. The maximum atomic E-state index is 6.33. The minimum absolute atomic E-state index is 0.219. The van der Waals surface area contributed by atoms with Gasteiger partial charge in [-0.1, -0.05) is 46.4 Å². The summed E-state index contributed by atoms with van der Waals surface area (Å²) in [5.74, 6) is 1.31. The van der Waals surface area contributed by atoms with Gasteiger partial charge in [-0.25, -0.2) is 0 Å². The third-order valence-electron chi connectivity index (χ3n) is 4.65. The van der Waals surface area contributed by atoms with Crippen LogP contribution in [0.15, 0.2) is 24.3 Å². The summed E-state index contributed by atoms with van der Waals surface area (Å²) in [4.78, 5) is 0.